The fourth-order valence-corrected chi connectivity index (χ4v) is 2.12. The maximum Gasteiger partial charge on any atom is 0.155 e. The van der Waals surface area contributed by atoms with Crippen LogP contribution in [-0.4, -0.2) is 9.38 Å². The highest BCUT2D eigenvalue weighted by Crippen LogP contribution is 2.28. The number of hydrogen-bond acceptors (Lipinski definition) is 2. The van der Waals surface area contributed by atoms with Gasteiger partial charge in [-0.05, 0) is 40.2 Å². The minimum atomic E-state index is 0.769. The summed E-state index contributed by atoms with van der Waals surface area (Å²) in [6, 6.07) is 9.63. The fraction of sp³-hybridized carbons (Fsp3) is 0. The largest absolute Gasteiger partial charge is 0.463 e. The van der Waals surface area contributed by atoms with E-state index < -0.39 is 0 Å². The van der Waals surface area contributed by atoms with Crippen LogP contribution < -0.4 is 0 Å². The first-order valence-corrected chi connectivity index (χ1v) is 5.32. The lowest BCUT2D eigenvalue weighted by atomic mass is 10.4. The zero-order valence-electron chi connectivity index (χ0n) is 7.72. The Morgan fingerprint density at radius 1 is 1.20 bits per heavy atom. The molecular weight excluding hydrogens is 256 g/mol. The smallest absolute Gasteiger partial charge is 0.155 e. The second-order valence-corrected chi connectivity index (χ2v) is 3.91. The van der Waals surface area contributed by atoms with Crippen molar-refractivity contribution < 1.29 is 4.42 Å². The third kappa shape index (κ3) is 1.29. The normalized spacial score (nSPS) is 11.0. The number of nitrogens with zero attached hydrogens (tertiary/aromatic N) is 2. The van der Waals surface area contributed by atoms with Crippen LogP contribution in [-0.2, 0) is 0 Å². The summed E-state index contributed by atoms with van der Waals surface area (Å²) < 4.78 is 8.20. The lowest BCUT2D eigenvalue weighted by molar-refractivity contribution is 0.580. The second kappa shape index (κ2) is 3.24. The summed E-state index contributed by atoms with van der Waals surface area (Å²) in [6.07, 6.45) is 3.60. The second-order valence-electron chi connectivity index (χ2n) is 3.16. The topological polar surface area (TPSA) is 30.4 Å². The summed E-state index contributed by atoms with van der Waals surface area (Å²) in [4.78, 5) is 4.48. The standard InChI is InChI=1S/C11H7BrN2O/c12-11-10(8-4-3-7-15-8)13-9-5-1-2-6-14(9)11/h1-7H. The fourth-order valence-electron chi connectivity index (χ4n) is 1.54. The number of halogens is 1. The van der Waals surface area contributed by atoms with Gasteiger partial charge in [-0.3, -0.25) is 4.40 Å². The molecule has 0 aliphatic heterocycles. The van der Waals surface area contributed by atoms with Crippen LogP contribution in [0.15, 0.2) is 51.8 Å². The van der Waals surface area contributed by atoms with E-state index in [9.17, 15) is 0 Å². The van der Waals surface area contributed by atoms with Crippen LogP contribution in [0.5, 0.6) is 0 Å². The molecule has 0 radical (unpaired) electrons. The van der Waals surface area contributed by atoms with Crippen LogP contribution in [0.4, 0.5) is 0 Å². The van der Waals surface area contributed by atoms with Crippen LogP contribution in [0.3, 0.4) is 0 Å². The van der Waals surface area contributed by atoms with Gasteiger partial charge in [0.2, 0.25) is 0 Å². The van der Waals surface area contributed by atoms with E-state index in [1.807, 2.05) is 40.9 Å². The highest BCUT2D eigenvalue weighted by Gasteiger charge is 2.12. The number of imidazole rings is 1. The van der Waals surface area contributed by atoms with E-state index in [-0.39, 0.29) is 0 Å². The first-order chi connectivity index (χ1) is 7.36. The third-order valence-electron chi connectivity index (χ3n) is 2.23. The molecule has 0 saturated heterocycles. The molecule has 0 saturated carbocycles. The van der Waals surface area contributed by atoms with Crippen molar-refractivity contribution in [2.24, 2.45) is 0 Å². The number of fused-ring (bicyclic) bond motifs is 1. The van der Waals surface area contributed by atoms with E-state index in [0.717, 1.165) is 21.7 Å². The highest BCUT2D eigenvalue weighted by molar-refractivity contribution is 9.10. The van der Waals surface area contributed by atoms with Gasteiger partial charge in [0.1, 0.15) is 15.9 Å². The van der Waals surface area contributed by atoms with Crippen LogP contribution in [0, 0.1) is 0 Å². The molecule has 0 amide bonds. The Balaban J connectivity index is 2.33. The maximum atomic E-state index is 5.32. The lowest BCUT2D eigenvalue weighted by Gasteiger charge is -1.92. The van der Waals surface area contributed by atoms with Gasteiger partial charge in [0, 0.05) is 6.20 Å². The molecule has 3 aromatic rings. The molecule has 0 spiro atoms. The highest BCUT2D eigenvalue weighted by atomic mass is 79.9. The van der Waals surface area contributed by atoms with E-state index in [2.05, 4.69) is 20.9 Å². The van der Waals surface area contributed by atoms with Crippen molar-refractivity contribution in [2.75, 3.05) is 0 Å². The van der Waals surface area contributed by atoms with E-state index in [1.165, 1.54) is 0 Å². The van der Waals surface area contributed by atoms with Gasteiger partial charge in [0.15, 0.2) is 5.76 Å². The van der Waals surface area contributed by atoms with Gasteiger partial charge >= 0.3 is 0 Å². The van der Waals surface area contributed by atoms with Crippen LogP contribution in [0.2, 0.25) is 0 Å². The molecule has 74 valence electrons. The Labute approximate surface area is 94.5 Å². The molecule has 3 nitrogen and oxygen atoms in total. The molecule has 4 heteroatoms. The quantitative estimate of drug-likeness (QED) is 0.674. The number of rotatable bonds is 1. The SMILES string of the molecule is Brc1c(-c2ccco2)nc2ccccn12. The van der Waals surface area contributed by atoms with Crippen molar-refractivity contribution in [2.45, 2.75) is 0 Å². The zero-order chi connectivity index (χ0) is 10.3. The number of pyridine rings is 1. The van der Waals surface area contributed by atoms with Gasteiger partial charge in [-0.25, -0.2) is 4.98 Å². The van der Waals surface area contributed by atoms with Crippen molar-refractivity contribution in [3.05, 3.63) is 47.4 Å². The van der Waals surface area contributed by atoms with Crippen molar-refractivity contribution in [1.82, 2.24) is 9.38 Å². The van der Waals surface area contributed by atoms with Gasteiger partial charge < -0.3 is 4.42 Å². The average Bonchev–Trinajstić information content (AvgIpc) is 2.87. The van der Waals surface area contributed by atoms with Crippen molar-refractivity contribution in [3.63, 3.8) is 0 Å². The zero-order valence-corrected chi connectivity index (χ0v) is 9.31. The van der Waals surface area contributed by atoms with E-state index in [1.54, 1.807) is 6.26 Å². The molecule has 0 N–H and O–H groups in total. The van der Waals surface area contributed by atoms with Crippen LogP contribution in [0.25, 0.3) is 17.1 Å². The summed E-state index contributed by atoms with van der Waals surface area (Å²) in [6.45, 7) is 0. The van der Waals surface area contributed by atoms with Gasteiger partial charge in [0.25, 0.3) is 0 Å². The summed E-state index contributed by atoms with van der Waals surface area (Å²) in [5.74, 6) is 0.769. The molecule has 3 rings (SSSR count). The predicted molar refractivity (Wildman–Crippen MR) is 60.6 cm³/mol. The van der Waals surface area contributed by atoms with Crippen LogP contribution in [0.1, 0.15) is 0 Å². The molecular formula is C11H7BrN2O. The molecule has 3 aromatic heterocycles. The lowest BCUT2D eigenvalue weighted by Crippen LogP contribution is -1.81. The minimum Gasteiger partial charge on any atom is -0.463 e. The Bertz CT molecular complexity index is 598. The van der Waals surface area contributed by atoms with E-state index in [4.69, 9.17) is 4.42 Å². The Kier molecular flexibility index (Phi) is 1.89. The van der Waals surface area contributed by atoms with Crippen molar-refractivity contribution in [1.29, 1.82) is 0 Å². The van der Waals surface area contributed by atoms with Gasteiger partial charge in [-0.15, -0.1) is 0 Å². The molecule has 0 fully saturated rings. The molecule has 3 heterocycles. The summed E-state index contributed by atoms with van der Waals surface area (Å²) >= 11 is 3.51. The molecule has 0 bridgehead atoms. The van der Waals surface area contributed by atoms with Gasteiger partial charge in [0.05, 0.1) is 6.26 Å². The third-order valence-corrected chi connectivity index (χ3v) is 2.98. The average molecular weight is 263 g/mol. The Morgan fingerprint density at radius 3 is 2.87 bits per heavy atom. The molecule has 0 atom stereocenters. The molecule has 0 aromatic carbocycles. The molecule has 0 aliphatic carbocycles. The maximum absolute atomic E-state index is 5.32. The van der Waals surface area contributed by atoms with Crippen LogP contribution >= 0.6 is 15.9 Å². The van der Waals surface area contributed by atoms with E-state index in [0.29, 0.717) is 0 Å². The van der Waals surface area contributed by atoms with Crippen molar-refractivity contribution >= 4 is 21.6 Å². The summed E-state index contributed by atoms with van der Waals surface area (Å²) in [5.41, 5.74) is 1.72. The summed E-state index contributed by atoms with van der Waals surface area (Å²) in [5, 5.41) is 0. The van der Waals surface area contributed by atoms with Crippen molar-refractivity contribution in [3.8, 4) is 11.5 Å². The molecule has 0 aliphatic rings. The monoisotopic (exact) mass is 262 g/mol. The molecule has 15 heavy (non-hydrogen) atoms. The Morgan fingerprint density at radius 2 is 2.13 bits per heavy atom. The first kappa shape index (κ1) is 8.73. The predicted octanol–water partition coefficient (Wildman–Crippen LogP) is 3.36. The van der Waals surface area contributed by atoms with Gasteiger partial charge in [-0.1, -0.05) is 6.07 Å². The van der Waals surface area contributed by atoms with E-state index >= 15 is 0 Å². The number of aromatic nitrogens is 2. The first-order valence-electron chi connectivity index (χ1n) is 4.53. The number of hydrogen-bond donors (Lipinski definition) is 0. The Hall–Kier alpha value is -1.55. The summed E-state index contributed by atoms with van der Waals surface area (Å²) in [7, 11) is 0. The molecule has 0 unspecified atom stereocenters. The van der Waals surface area contributed by atoms with Gasteiger partial charge in [-0.2, -0.15) is 0 Å². The minimum absolute atomic E-state index is 0.769. The number of furan rings is 1.